The maximum absolute atomic E-state index is 8.52. The first-order valence-corrected chi connectivity index (χ1v) is 7.24. The van der Waals surface area contributed by atoms with Gasteiger partial charge in [0.15, 0.2) is 0 Å². The fourth-order valence-corrected chi connectivity index (χ4v) is 1.70. The molecule has 0 aliphatic carbocycles. The number of hydrogen-bond donors (Lipinski definition) is 3. The molecule has 0 saturated heterocycles. The molecule has 1 aromatic rings. The summed E-state index contributed by atoms with van der Waals surface area (Å²) in [6.45, 7) is 8.69. The molecule has 114 valence electrons. The van der Waals surface area contributed by atoms with Gasteiger partial charge in [0.25, 0.3) is 0 Å². The SMILES string of the molecule is CCCCCCNCCN.Cc1oc(N)c(C#N)c1C. The summed E-state index contributed by atoms with van der Waals surface area (Å²) in [7, 11) is 0. The van der Waals surface area contributed by atoms with E-state index in [0.717, 1.165) is 25.2 Å². The van der Waals surface area contributed by atoms with Crippen LogP contribution in [-0.2, 0) is 0 Å². The number of nitrogens with one attached hydrogen (secondary N) is 1. The third-order valence-electron chi connectivity index (χ3n) is 3.05. The standard InChI is InChI=1S/C8H20N2.C7H8N2O/c1-2-3-4-5-7-10-8-6-9;1-4-5(2)10-7(9)6(4)3-8/h10H,2-9H2,1H3;9H2,1-2H3. The number of rotatable bonds is 7. The second kappa shape index (κ2) is 11.3. The van der Waals surface area contributed by atoms with E-state index < -0.39 is 0 Å². The van der Waals surface area contributed by atoms with E-state index in [0.29, 0.717) is 11.3 Å². The summed E-state index contributed by atoms with van der Waals surface area (Å²) in [4.78, 5) is 0. The normalized spacial score (nSPS) is 9.75. The summed E-state index contributed by atoms with van der Waals surface area (Å²) in [5.74, 6) is 0.937. The minimum Gasteiger partial charge on any atom is -0.445 e. The minimum absolute atomic E-state index is 0.220. The molecule has 1 aromatic heterocycles. The van der Waals surface area contributed by atoms with E-state index in [1.807, 2.05) is 13.0 Å². The molecule has 0 unspecified atom stereocenters. The van der Waals surface area contributed by atoms with Gasteiger partial charge >= 0.3 is 0 Å². The topological polar surface area (TPSA) is 101 Å². The number of furan rings is 1. The lowest BCUT2D eigenvalue weighted by atomic mass is 10.2. The maximum atomic E-state index is 8.52. The Morgan fingerprint density at radius 1 is 1.20 bits per heavy atom. The molecular formula is C15H28N4O. The molecular weight excluding hydrogens is 252 g/mol. The second-order valence-electron chi connectivity index (χ2n) is 4.73. The monoisotopic (exact) mass is 280 g/mol. The zero-order valence-electron chi connectivity index (χ0n) is 13.0. The van der Waals surface area contributed by atoms with Gasteiger partial charge < -0.3 is 21.2 Å². The van der Waals surface area contributed by atoms with Crippen LogP contribution in [0.4, 0.5) is 5.88 Å². The van der Waals surface area contributed by atoms with Crippen LogP contribution in [0.5, 0.6) is 0 Å². The molecule has 0 aromatic carbocycles. The smallest absolute Gasteiger partial charge is 0.208 e. The Morgan fingerprint density at radius 3 is 2.30 bits per heavy atom. The highest BCUT2D eigenvalue weighted by molar-refractivity contribution is 5.52. The first-order valence-electron chi connectivity index (χ1n) is 7.24. The Hall–Kier alpha value is -1.51. The van der Waals surface area contributed by atoms with Crippen molar-refractivity contribution >= 4 is 5.88 Å². The van der Waals surface area contributed by atoms with Crippen LogP contribution in [0.3, 0.4) is 0 Å². The average Bonchev–Trinajstić information content (AvgIpc) is 2.68. The number of nitriles is 1. The van der Waals surface area contributed by atoms with Crippen LogP contribution in [0, 0.1) is 25.2 Å². The van der Waals surface area contributed by atoms with E-state index in [-0.39, 0.29) is 5.88 Å². The second-order valence-corrected chi connectivity index (χ2v) is 4.73. The summed E-state index contributed by atoms with van der Waals surface area (Å²) in [6, 6.07) is 1.97. The van der Waals surface area contributed by atoms with Crippen LogP contribution in [0.1, 0.15) is 49.5 Å². The maximum Gasteiger partial charge on any atom is 0.208 e. The zero-order valence-corrected chi connectivity index (χ0v) is 13.0. The Labute approximate surface area is 122 Å². The fraction of sp³-hybridized carbons (Fsp3) is 0.667. The summed E-state index contributed by atoms with van der Waals surface area (Å²) < 4.78 is 4.99. The van der Waals surface area contributed by atoms with E-state index in [9.17, 15) is 0 Å². The molecule has 5 N–H and O–H groups in total. The van der Waals surface area contributed by atoms with E-state index in [4.69, 9.17) is 21.1 Å². The molecule has 5 nitrogen and oxygen atoms in total. The van der Waals surface area contributed by atoms with Gasteiger partial charge in [0.05, 0.1) is 0 Å². The highest BCUT2D eigenvalue weighted by Gasteiger charge is 2.09. The molecule has 0 spiro atoms. The van der Waals surface area contributed by atoms with Crippen LogP contribution < -0.4 is 16.8 Å². The Balaban J connectivity index is 0.000000361. The van der Waals surface area contributed by atoms with Crippen molar-refractivity contribution in [3.05, 3.63) is 16.9 Å². The van der Waals surface area contributed by atoms with E-state index in [1.54, 1.807) is 6.92 Å². The first kappa shape index (κ1) is 18.5. The molecule has 0 aliphatic rings. The van der Waals surface area contributed by atoms with Crippen LogP contribution in [0.15, 0.2) is 4.42 Å². The molecule has 1 rings (SSSR count). The fourth-order valence-electron chi connectivity index (χ4n) is 1.70. The van der Waals surface area contributed by atoms with Crippen LogP contribution in [0.25, 0.3) is 0 Å². The van der Waals surface area contributed by atoms with E-state index >= 15 is 0 Å². The van der Waals surface area contributed by atoms with Gasteiger partial charge in [0.1, 0.15) is 17.4 Å². The Kier molecular flexibility index (Phi) is 10.5. The third kappa shape index (κ3) is 7.17. The van der Waals surface area contributed by atoms with Crippen molar-refractivity contribution < 1.29 is 4.42 Å². The predicted octanol–water partition coefficient (Wildman–Crippen LogP) is 2.47. The number of nitrogens with two attached hydrogens (primary N) is 2. The van der Waals surface area contributed by atoms with Gasteiger partial charge in [-0.25, -0.2) is 0 Å². The minimum atomic E-state index is 0.220. The Bertz CT molecular complexity index is 399. The summed E-state index contributed by atoms with van der Waals surface area (Å²) >= 11 is 0. The van der Waals surface area contributed by atoms with Crippen LogP contribution >= 0.6 is 0 Å². The van der Waals surface area contributed by atoms with Crippen molar-refractivity contribution in [3.63, 3.8) is 0 Å². The Morgan fingerprint density at radius 2 is 1.90 bits per heavy atom. The molecule has 0 radical (unpaired) electrons. The lowest BCUT2D eigenvalue weighted by molar-refractivity contribution is 0.550. The predicted molar refractivity (Wildman–Crippen MR) is 83.4 cm³/mol. The quantitative estimate of drug-likeness (QED) is 0.666. The van der Waals surface area contributed by atoms with Crippen molar-refractivity contribution in [1.82, 2.24) is 5.32 Å². The number of anilines is 1. The van der Waals surface area contributed by atoms with Gasteiger partial charge in [0.2, 0.25) is 5.88 Å². The molecule has 1 heterocycles. The van der Waals surface area contributed by atoms with Crippen LogP contribution in [-0.4, -0.2) is 19.6 Å². The lowest BCUT2D eigenvalue weighted by Gasteiger charge is -2.00. The van der Waals surface area contributed by atoms with E-state index in [1.165, 1.54) is 25.7 Å². The number of hydrogen-bond acceptors (Lipinski definition) is 5. The van der Waals surface area contributed by atoms with Crippen molar-refractivity contribution in [2.45, 2.75) is 46.5 Å². The highest BCUT2D eigenvalue weighted by atomic mass is 16.4. The van der Waals surface area contributed by atoms with Gasteiger partial charge in [-0.15, -0.1) is 0 Å². The van der Waals surface area contributed by atoms with Gasteiger partial charge in [-0.05, 0) is 26.8 Å². The number of aryl methyl sites for hydroxylation is 1. The molecule has 20 heavy (non-hydrogen) atoms. The molecule has 0 amide bonds. The molecule has 0 fully saturated rings. The lowest BCUT2D eigenvalue weighted by Crippen LogP contribution is -2.23. The number of unbranched alkanes of at least 4 members (excludes halogenated alkanes) is 3. The van der Waals surface area contributed by atoms with Crippen molar-refractivity contribution in [2.75, 3.05) is 25.4 Å². The summed E-state index contributed by atoms with van der Waals surface area (Å²) in [5.41, 5.74) is 12.0. The van der Waals surface area contributed by atoms with Crippen LogP contribution in [0.2, 0.25) is 0 Å². The summed E-state index contributed by atoms with van der Waals surface area (Å²) in [6.07, 6.45) is 5.34. The molecule has 0 bridgehead atoms. The van der Waals surface area contributed by atoms with Crippen molar-refractivity contribution in [1.29, 1.82) is 5.26 Å². The van der Waals surface area contributed by atoms with Crippen molar-refractivity contribution in [2.24, 2.45) is 5.73 Å². The largest absolute Gasteiger partial charge is 0.445 e. The number of nitrogen functional groups attached to an aromatic ring is 1. The average molecular weight is 280 g/mol. The van der Waals surface area contributed by atoms with Gasteiger partial charge in [-0.2, -0.15) is 5.26 Å². The highest BCUT2D eigenvalue weighted by Crippen LogP contribution is 2.21. The van der Waals surface area contributed by atoms with Gasteiger partial charge in [0, 0.05) is 18.7 Å². The third-order valence-corrected chi connectivity index (χ3v) is 3.05. The molecule has 0 atom stereocenters. The zero-order chi connectivity index (χ0) is 15.4. The van der Waals surface area contributed by atoms with Crippen molar-refractivity contribution in [3.8, 4) is 6.07 Å². The van der Waals surface area contributed by atoms with E-state index in [2.05, 4.69) is 12.2 Å². The van der Waals surface area contributed by atoms with Gasteiger partial charge in [-0.3, -0.25) is 0 Å². The van der Waals surface area contributed by atoms with Gasteiger partial charge in [-0.1, -0.05) is 26.2 Å². The number of nitrogens with zero attached hydrogens (tertiary/aromatic N) is 1. The first-order chi connectivity index (χ1) is 9.58. The molecule has 0 saturated carbocycles. The summed E-state index contributed by atoms with van der Waals surface area (Å²) in [5, 5.41) is 11.8. The molecule has 5 heteroatoms. The molecule has 0 aliphatic heterocycles.